The summed E-state index contributed by atoms with van der Waals surface area (Å²) in [7, 11) is 0. The number of aromatic nitrogens is 2. The van der Waals surface area contributed by atoms with Crippen molar-refractivity contribution in [3.63, 3.8) is 0 Å². The summed E-state index contributed by atoms with van der Waals surface area (Å²) in [5.74, 6) is 0.674. The molecule has 0 spiro atoms. The Labute approximate surface area is 99.2 Å². The molecular weight excluding hydrogens is 198 g/mol. The molecule has 0 amide bonds. The normalized spacial score (nSPS) is 13.0. The van der Waals surface area contributed by atoms with E-state index in [-0.39, 0.29) is 0 Å². The molecule has 16 heavy (non-hydrogen) atoms. The van der Waals surface area contributed by atoms with Gasteiger partial charge in [-0.3, -0.25) is 4.68 Å². The van der Waals surface area contributed by atoms with E-state index in [2.05, 4.69) is 48.9 Å². The summed E-state index contributed by atoms with van der Waals surface area (Å²) in [6.45, 7) is 11.9. The third-order valence-corrected chi connectivity index (χ3v) is 2.76. The molecule has 0 aliphatic heterocycles. The number of hydrogen-bond donors (Lipinski definition) is 1. The van der Waals surface area contributed by atoms with Crippen molar-refractivity contribution < 1.29 is 0 Å². The second-order valence-electron chi connectivity index (χ2n) is 4.61. The molecule has 3 nitrogen and oxygen atoms in total. The fourth-order valence-corrected chi connectivity index (χ4v) is 1.99. The van der Waals surface area contributed by atoms with Crippen LogP contribution >= 0.6 is 0 Å². The fraction of sp³-hybridized carbons (Fsp3) is 0.769. The van der Waals surface area contributed by atoms with Crippen LogP contribution in [0.15, 0.2) is 6.07 Å². The number of nitrogens with one attached hydrogen (secondary N) is 1. The highest BCUT2D eigenvalue weighted by molar-refractivity contribution is 5.09. The van der Waals surface area contributed by atoms with Crippen molar-refractivity contribution in [3.05, 3.63) is 17.5 Å². The summed E-state index contributed by atoms with van der Waals surface area (Å²) < 4.78 is 2.12. The van der Waals surface area contributed by atoms with Gasteiger partial charge in [-0.25, -0.2) is 0 Å². The Morgan fingerprint density at radius 3 is 2.81 bits per heavy atom. The van der Waals surface area contributed by atoms with Crippen molar-refractivity contribution in [1.82, 2.24) is 15.1 Å². The van der Waals surface area contributed by atoms with Crippen LogP contribution in [0.25, 0.3) is 0 Å². The Hall–Kier alpha value is -0.830. The van der Waals surface area contributed by atoms with Gasteiger partial charge in [0.2, 0.25) is 0 Å². The van der Waals surface area contributed by atoms with Crippen molar-refractivity contribution in [1.29, 1.82) is 0 Å². The summed E-state index contributed by atoms with van der Waals surface area (Å²) in [5, 5.41) is 7.94. The fourth-order valence-electron chi connectivity index (χ4n) is 1.99. The summed E-state index contributed by atoms with van der Waals surface area (Å²) in [5.41, 5.74) is 2.50. The van der Waals surface area contributed by atoms with E-state index in [0.717, 1.165) is 31.7 Å². The smallest absolute Gasteiger partial charge is 0.0596 e. The van der Waals surface area contributed by atoms with Crippen LogP contribution in [-0.2, 0) is 13.0 Å². The Kier molecular flexibility index (Phi) is 5.53. The summed E-state index contributed by atoms with van der Waals surface area (Å²) in [4.78, 5) is 0. The van der Waals surface area contributed by atoms with Gasteiger partial charge in [-0.2, -0.15) is 5.10 Å². The van der Waals surface area contributed by atoms with Crippen LogP contribution in [0.2, 0.25) is 0 Å². The lowest BCUT2D eigenvalue weighted by Gasteiger charge is -2.12. The van der Waals surface area contributed by atoms with Crippen LogP contribution in [0.1, 0.15) is 38.6 Å². The zero-order valence-electron chi connectivity index (χ0n) is 11.1. The molecule has 1 N–H and O–H groups in total. The summed E-state index contributed by atoms with van der Waals surface area (Å²) >= 11 is 0. The molecule has 0 aromatic carbocycles. The first-order valence-corrected chi connectivity index (χ1v) is 6.41. The lowest BCUT2D eigenvalue weighted by molar-refractivity contribution is 0.487. The highest BCUT2D eigenvalue weighted by atomic mass is 15.3. The molecule has 92 valence electrons. The molecule has 1 aromatic heterocycles. The molecule has 0 bridgehead atoms. The van der Waals surface area contributed by atoms with Gasteiger partial charge in [-0.15, -0.1) is 0 Å². The molecular formula is C13H25N3. The van der Waals surface area contributed by atoms with E-state index < -0.39 is 0 Å². The van der Waals surface area contributed by atoms with E-state index in [1.165, 1.54) is 12.1 Å². The maximum absolute atomic E-state index is 4.47. The van der Waals surface area contributed by atoms with Crippen molar-refractivity contribution in [3.8, 4) is 0 Å². The Bertz CT molecular complexity index is 304. The van der Waals surface area contributed by atoms with Crippen LogP contribution in [0.4, 0.5) is 0 Å². The summed E-state index contributed by atoms with van der Waals surface area (Å²) in [6, 6.07) is 2.21. The quantitative estimate of drug-likeness (QED) is 0.719. The van der Waals surface area contributed by atoms with Gasteiger partial charge in [0.1, 0.15) is 0 Å². The van der Waals surface area contributed by atoms with Crippen molar-refractivity contribution in [2.75, 3.05) is 13.1 Å². The highest BCUT2D eigenvalue weighted by Gasteiger charge is 2.08. The van der Waals surface area contributed by atoms with Gasteiger partial charge in [0, 0.05) is 12.2 Å². The molecule has 0 aliphatic rings. The molecule has 3 heteroatoms. The largest absolute Gasteiger partial charge is 0.316 e. The first-order valence-electron chi connectivity index (χ1n) is 6.41. The second kappa shape index (κ2) is 6.69. The first kappa shape index (κ1) is 13.2. The molecule has 0 aliphatic carbocycles. The van der Waals surface area contributed by atoms with E-state index in [1.807, 2.05) is 0 Å². The van der Waals surface area contributed by atoms with Crippen LogP contribution in [0.5, 0.6) is 0 Å². The zero-order valence-corrected chi connectivity index (χ0v) is 11.1. The van der Waals surface area contributed by atoms with E-state index in [0.29, 0.717) is 5.92 Å². The predicted octanol–water partition coefficient (Wildman–Crippen LogP) is 2.39. The van der Waals surface area contributed by atoms with Gasteiger partial charge in [0.25, 0.3) is 0 Å². The van der Waals surface area contributed by atoms with Crippen molar-refractivity contribution in [2.45, 2.75) is 47.1 Å². The molecule has 1 aromatic rings. The number of rotatable bonds is 7. The lowest BCUT2D eigenvalue weighted by Crippen LogP contribution is -2.23. The van der Waals surface area contributed by atoms with E-state index in [4.69, 9.17) is 0 Å². The van der Waals surface area contributed by atoms with Crippen LogP contribution in [-0.4, -0.2) is 22.9 Å². The first-order chi connectivity index (χ1) is 7.67. The Balaban J connectivity index is 2.45. The van der Waals surface area contributed by atoms with Gasteiger partial charge < -0.3 is 5.32 Å². The molecule has 0 fully saturated rings. The second-order valence-corrected chi connectivity index (χ2v) is 4.61. The summed E-state index contributed by atoms with van der Waals surface area (Å²) in [6.07, 6.45) is 2.32. The predicted molar refractivity (Wildman–Crippen MR) is 68.7 cm³/mol. The topological polar surface area (TPSA) is 29.9 Å². The average molecular weight is 223 g/mol. The molecule has 1 rings (SSSR count). The standard InChI is InChI=1S/C13H25N3/c1-5-7-14-10-11(3)8-13-9-12(4)15-16(13)6-2/h9,11,14H,5-8,10H2,1-4H3. The van der Waals surface area contributed by atoms with E-state index in [9.17, 15) is 0 Å². The molecule has 1 unspecified atom stereocenters. The minimum atomic E-state index is 0.674. The van der Waals surface area contributed by atoms with Gasteiger partial charge >= 0.3 is 0 Å². The molecule has 1 heterocycles. The highest BCUT2D eigenvalue weighted by Crippen LogP contribution is 2.10. The minimum Gasteiger partial charge on any atom is -0.316 e. The zero-order chi connectivity index (χ0) is 12.0. The van der Waals surface area contributed by atoms with E-state index in [1.54, 1.807) is 0 Å². The monoisotopic (exact) mass is 223 g/mol. The van der Waals surface area contributed by atoms with Gasteiger partial charge in [-0.05, 0) is 51.8 Å². The minimum absolute atomic E-state index is 0.674. The van der Waals surface area contributed by atoms with Gasteiger partial charge in [0.05, 0.1) is 5.69 Å². The third kappa shape index (κ3) is 3.97. The molecule has 0 saturated heterocycles. The lowest BCUT2D eigenvalue weighted by atomic mass is 10.1. The number of nitrogens with zero attached hydrogens (tertiary/aromatic N) is 2. The van der Waals surface area contributed by atoms with Crippen LogP contribution in [0.3, 0.4) is 0 Å². The van der Waals surface area contributed by atoms with Crippen molar-refractivity contribution in [2.24, 2.45) is 5.92 Å². The molecule has 0 radical (unpaired) electrons. The van der Waals surface area contributed by atoms with Gasteiger partial charge in [0.15, 0.2) is 0 Å². The number of aryl methyl sites for hydroxylation is 2. The number of hydrogen-bond acceptors (Lipinski definition) is 2. The van der Waals surface area contributed by atoms with E-state index >= 15 is 0 Å². The maximum Gasteiger partial charge on any atom is 0.0596 e. The van der Waals surface area contributed by atoms with Gasteiger partial charge in [-0.1, -0.05) is 13.8 Å². The SMILES string of the molecule is CCCNCC(C)Cc1cc(C)nn1CC. The maximum atomic E-state index is 4.47. The average Bonchev–Trinajstić information content (AvgIpc) is 2.59. The third-order valence-electron chi connectivity index (χ3n) is 2.76. The molecule has 0 saturated carbocycles. The Morgan fingerprint density at radius 2 is 2.19 bits per heavy atom. The van der Waals surface area contributed by atoms with Crippen LogP contribution in [0, 0.1) is 12.8 Å². The molecule has 1 atom stereocenters. The van der Waals surface area contributed by atoms with Crippen LogP contribution < -0.4 is 5.32 Å². The Morgan fingerprint density at radius 1 is 1.44 bits per heavy atom. The van der Waals surface area contributed by atoms with Crippen molar-refractivity contribution >= 4 is 0 Å².